The molecule has 0 aliphatic heterocycles. The summed E-state index contributed by atoms with van der Waals surface area (Å²) in [5.74, 6) is -1.88. The molecule has 1 aromatic heterocycles. The molecule has 1 heterocycles. The number of ether oxygens (including phenoxy) is 1. The van der Waals surface area contributed by atoms with E-state index in [9.17, 15) is 14.4 Å². The van der Waals surface area contributed by atoms with E-state index in [-0.39, 0.29) is 9.90 Å². The molecular formula is C13H15Cl2NO5S. The minimum absolute atomic E-state index is 0.133. The molecule has 122 valence electrons. The van der Waals surface area contributed by atoms with Gasteiger partial charge in [0.05, 0.1) is 4.34 Å². The summed E-state index contributed by atoms with van der Waals surface area (Å²) in [5, 5.41) is 11.3. The number of aliphatic carboxylic acids is 1. The minimum Gasteiger partial charge on any atom is -0.480 e. The van der Waals surface area contributed by atoms with Gasteiger partial charge in [-0.2, -0.15) is 0 Å². The lowest BCUT2D eigenvalue weighted by Crippen LogP contribution is -2.44. The Balaban J connectivity index is 2.76. The van der Waals surface area contributed by atoms with Crippen molar-refractivity contribution < 1.29 is 24.2 Å². The predicted molar refractivity (Wildman–Crippen MR) is 84.1 cm³/mol. The van der Waals surface area contributed by atoms with Crippen LogP contribution in [0.15, 0.2) is 6.07 Å². The van der Waals surface area contributed by atoms with E-state index in [1.807, 2.05) is 0 Å². The molecule has 1 rings (SSSR count). The first kappa shape index (κ1) is 18.7. The molecular weight excluding hydrogens is 353 g/mol. The topological polar surface area (TPSA) is 92.7 Å². The van der Waals surface area contributed by atoms with E-state index in [0.29, 0.717) is 4.34 Å². The third-order valence-electron chi connectivity index (χ3n) is 2.34. The maximum Gasteiger partial charge on any atom is 0.408 e. The second kappa shape index (κ2) is 7.30. The monoisotopic (exact) mass is 367 g/mol. The molecule has 1 unspecified atom stereocenters. The third-order valence-corrected chi connectivity index (χ3v) is 3.82. The standard InChI is InChI=1S/C13H15Cl2NO5S/c1-13(2,3)21-12(20)16-7(11(18)19)5-8(17)6-4-9(14)22-10(6)15/h4,7H,5H2,1-3H3,(H,16,20)(H,18,19). The summed E-state index contributed by atoms with van der Waals surface area (Å²) in [7, 11) is 0. The number of carbonyl (C=O) groups is 3. The van der Waals surface area contributed by atoms with Crippen molar-refractivity contribution in [3.05, 3.63) is 20.3 Å². The summed E-state index contributed by atoms with van der Waals surface area (Å²) in [6, 6.07) is -0.0550. The lowest BCUT2D eigenvalue weighted by Gasteiger charge is -2.21. The van der Waals surface area contributed by atoms with E-state index < -0.39 is 35.9 Å². The summed E-state index contributed by atoms with van der Waals surface area (Å²) in [5.41, 5.74) is -0.643. The fourth-order valence-corrected chi connectivity index (χ4v) is 2.97. The van der Waals surface area contributed by atoms with Crippen LogP contribution < -0.4 is 5.32 Å². The largest absolute Gasteiger partial charge is 0.480 e. The van der Waals surface area contributed by atoms with Crippen molar-refractivity contribution in [3.63, 3.8) is 0 Å². The normalized spacial score (nSPS) is 12.6. The second-order valence-electron chi connectivity index (χ2n) is 5.40. The fraction of sp³-hybridized carbons (Fsp3) is 0.462. The number of hydrogen-bond donors (Lipinski definition) is 2. The third kappa shape index (κ3) is 5.82. The first-order chi connectivity index (χ1) is 9.99. The number of rotatable bonds is 5. The summed E-state index contributed by atoms with van der Waals surface area (Å²) in [6.07, 6.45) is -1.37. The van der Waals surface area contributed by atoms with Gasteiger partial charge in [0.2, 0.25) is 0 Å². The highest BCUT2D eigenvalue weighted by Crippen LogP contribution is 2.32. The van der Waals surface area contributed by atoms with Crippen LogP contribution in [-0.4, -0.2) is 34.6 Å². The van der Waals surface area contributed by atoms with Gasteiger partial charge < -0.3 is 15.2 Å². The molecule has 0 bridgehead atoms. The molecule has 0 aliphatic rings. The van der Waals surface area contributed by atoms with Crippen molar-refractivity contribution in [2.75, 3.05) is 0 Å². The smallest absolute Gasteiger partial charge is 0.408 e. The number of carbonyl (C=O) groups excluding carboxylic acids is 2. The average molecular weight is 368 g/mol. The molecule has 1 amide bonds. The molecule has 0 fully saturated rings. The molecule has 0 saturated heterocycles. The van der Waals surface area contributed by atoms with E-state index in [2.05, 4.69) is 5.32 Å². The van der Waals surface area contributed by atoms with Crippen molar-refractivity contribution in [2.45, 2.75) is 38.8 Å². The zero-order valence-corrected chi connectivity index (χ0v) is 14.4. The zero-order valence-electron chi connectivity index (χ0n) is 12.1. The first-order valence-electron chi connectivity index (χ1n) is 6.20. The molecule has 2 N–H and O–H groups in total. The van der Waals surface area contributed by atoms with Gasteiger partial charge in [0.1, 0.15) is 16.0 Å². The number of halogens is 2. The Morgan fingerprint density at radius 2 is 1.95 bits per heavy atom. The van der Waals surface area contributed by atoms with Crippen molar-refractivity contribution in [1.29, 1.82) is 0 Å². The van der Waals surface area contributed by atoms with Crippen molar-refractivity contribution >= 4 is 52.4 Å². The highest BCUT2D eigenvalue weighted by molar-refractivity contribution is 7.20. The summed E-state index contributed by atoms with van der Waals surface area (Å²) >= 11 is 12.6. The molecule has 6 nitrogen and oxygen atoms in total. The molecule has 22 heavy (non-hydrogen) atoms. The van der Waals surface area contributed by atoms with Crippen LogP contribution >= 0.6 is 34.5 Å². The molecule has 9 heteroatoms. The fourth-order valence-electron chi connectivity index (χ4n) is 1.48. The number of alkyl carbamates (subject to hydrolysis) is 1. The van der Waals surface area contributed by atoms with Crippen LogP contribution in [0.3, 0.4) is 0 Å². The highest BCUT2D eigenvalue weighted by Gasteiger charge is 2.27. The number of Topliss-reactive ketones (excluding diaryl/α,β-unsaturated/α-hetero) is 1. The quantitative estimate of drug-likeness (QED) is 0.775. The second-order valence-corrected chi connectivity index (χ2v) is 7.69. The van der Waals surface area contributed by atoms with E-state index in [0.717, 1.165) is 11.3 Å². The van der Waals surface area contributed by atoms with Gasteiger partial charge in [-0.3, -0.25) is 4.79 Å². The maximum atomic E-state index is 12.1. The lowest BCUT2D eigenvalue weighted by molar-refractivity contribution is -0.139. The minimum atomic E-state index is -1.42. The van der Waals surface area contributed by atoms with Gasteiger partial charge >= 0.3 is 12.1 Å². The Morgan fingerprint density at radius 3 is 2.36 bits per heavy atom. The Labute approximate surface area is 141 Å². The molecule has 1 aromatic rings. The Morgan fingerprint density at radius 1 is 1.36 bits per heavy atom. The number of amides is 1. The lowest BCUT2D eigenvalue weighted by atomic mass is 10.1. The average Bonchev–Trinajstić information content (AvgIpc) is 2.64. The highest BCUT2D eigenvalue weighted by atomic mass is 35.5. The summed E-state index contributed by atoms with van der Waals surface area (Å²) < 4.78 is 5.46. The molecule has 0 aliphatic carbocycles. The Kier molecular flexibility index (Phi) is 6.22. The van der Waals surface area contributed by atoms with Gasteiger partial charge in [0.15, 0.2) is 5.78 Å². The number of thiophene rings is 1. The van der Waals surface area contributed by atoms with Gasteiger partial charge in [0, 0.05) is 12.0 Å². The number of carboxylic acids is 1. The molecule has 0 spiro atoms. The molecule has 0 aromatic carbocycles. The van der Waals surface area contributed by atoms with Gasteiger partial charge in [-0.1, -0.05) is 23.2 Å². The van der Waals surface area contributed by atoms with Crippen LogP contribution in [-0.2, 0) is 9.53 Å². The summed E-state index contributed by atoms with van der Waals surface area (Å²) in [4.78, 5) is 34.9. The SMILES string of the molecule is CC(C)(C)OC(=O)NC(CC(=O)c1cc(Cl)sc1Cl)C(=O)O. The van der Waals surface area contributed by atoms with Crippen LogP contribution in [0.25, 0.3) is 0 Å². The van der Waals surface area contributed by atoms with Crippen molar-refractivity contribution in [1.82, 2.24) is 5.32 Å². The Hall–Kier alpha value is -1.31. The predicted octanol–water partition coefficient (Wildman–Crippen LogP) is 3.61. The van der Waals surface area contributed by atoms with Crippen LogP contribution in [0.1, 0.15) is 37.6 Å². The van der Waals surface area contributed by atoms with Gasteiger partial charge in [0.25, 0.3) is 0 Å². The molecule has 0 saturated carbocycles. The van der Waals surface area contributed by atoms with Gasteiger partial charge in [-0.25, -0.2) is 9.59 Å². The first-order valence-corrected chi connectivity index (χ1v) is 7.77. The van der Waals surface area contributed by atoms with Crippen molar-refractivity contribution in [3.8, 4) is 0 Å². The molecule has 0 radical (unpaired) electrons. The van der Waals surface area contributed by atoms with E-state index in [4.69, 9.17) is 33.0 Å². The summed E-state index contributed by atoms with van der Waals surface area (Å²) in [6.45, 7) is 4.92. The van der Waals surface area contributed by atoms with Crippen LogP contribution in [0.5, 0.6) is 0 Å². The van der Waals surface area contributed by atoms with Gasteiger partial charge in [-0.15, -0.1) is 11.3 Å². The van der Waals surface area contributed by atoms with E-state index >= 15 is 0 Å². The molecule has 1 atom stereocenters. The van der Waals surface area contributed by atoms with E-state index in [1.54, 1.807) is 20.8 Å². The van der Waals surface area contributed by atoms with Crippen molar-refractivity contribution in [2.24, 2.45) is 0 Å². The number of hydrogen-bond acceptors (Lipinski definition) is 5. The van der Waals surface area contributed by atoms with Crippen LogP contribution in [0.2, 0.25) is 8.67 Å². The van der Waals surface area contributed by atoms with Gasteiger partial charge in [-0.05, 0) is 26.8 Å². The number of ketones is 1. The maximum absolute atomic E-state index is 12.1. The van der Waals surface area contributed by atoms with E-state index in [1.165, 1.54) is 6.07 Å². The van der Waals surface area contributed by atoms with Crippen LogP contribution in [0.4, 0.5) is 4.79 Å². The zero-order chi connectivity index (χ0) is 17.1. The Bertz CT molecular complexity index is 594. The number of nitrogens with one attached hydrogen (secondary N) is 1. The van der Waals surface area contributed by atoms with Crippen LogP contribution in [0, 0.1) is 0 Å². The number of carboxylic acid groups (broad SMARTS) is 1.